The molecule has 2 rings (SSSR count). The van der Waals surface area contributed by atoms with E-state index in [0.717, 1.165) is 19.6 Å². The summed E-state index contributed by atoms with van der Waals surface area (Å²) in [6.45, 7) is 8.39. The number of aryl methyl sites for hydroxylation is 1. The quantitative estimate of drug-likeness (QED) is 0.861. The van der Waals surface area contributed by atoms with E-state index in [1.165, 1.54) is 25.1 Å². The molecule has 0 amide bonds. The van der Waals surface area contributed by atoms with Crippen LogP contribution in [-0.4, -0.2) is 33.6 Å². The maximum absolute atomic E-state index is 5.92. The summed E-state index contributed by atoms with van der Waals surface area (Å²) in [5.74, 6) is 0.715. The third-order valence-corrected chi connectivity index (χ3v) is 3.98. The predicted octanol–water partition coefficient (Wildman–Crippen LogP) is 1.46. The van der Waals surface area contributed by atoms with Gasteiger partial charge in [-0.25, -0.2) is 4.98 Å². The van der Waals surface area contributed by atoms with E-state index >= 15 is 0 Å². The Morgan fingerprint density at radius 2 is 2.35 bits per heavy atom. The summed E-state index contributed by atoms with van der Waals surface area (Å²) < 4.78 is 2.22. The molecule has 2 N–H and O–H groups in total. The molecule has 1 aromatic rings. The zero-order valence-corrected chi connectivity index (χ0v) is 11.0. The summed E-state index contributed by atoms with van der Waals surface area (Å²) in [6, 6.07) is 0.531. The van der Waals surface area contributed by atoms with Gasteiger partial charge in [0.1, 0.15) is 0 Å². The first-order chi connectivity index (χ1) is 8.26. The molecule has 17 heavy (non-hydrogen) atoms. The molecule has 4 heteroatoms. The third-order valence-electron chi connectivity index (χ3n) is 3.98. The normalized spacial score (nSPS) is 26.3. The third kappa shape index (κ3) is 2.69. The van der Waals surface area contributed by atoms with E-state index in [4.69, 9.17) is 5.73 Å². The first kappa shape index (κ1) is 12.6. The van der Waals surface area contributed by atoms with E-state index in [1.54, 1.807) is 0 Å². The lowest BCUT2D eigenvalue weighted by Crippen LogP contribution is -2.48. The Morgan fingerprint density at radius 3 is 3.06 bits per heavy atom. The molecule has 1 aliphatic rings. The molecule has 0 bridgehead atoms. The zero-order valence-electron chi connectivity index (χ0n) is 11.0. The van der Waals surface area contributed by atoms with Crippen molar-refractivity contribution in [3.8, 4) is 0 Å². The molecule has 1 fully saturated rings. The van der Waals surface area contributed by atoms with Gasteiger partial charge in [0, 0.05) is 31.9 Å². The van der Waals surface area contributed by atoms with E-state index in [-0.39, 0.29) is 0 Å². The van der Waals surface area contributed by atoms with Crippen LogP contribution in [0.3, 0.4) is 0 Å². The van der Waals surface area contributed by atoms with Crippen LogP contribution in [0.2, 0.25) is 0 Å². The monoisotopic (exact) mass is 236 g/mol. The van der Waals surface area contributed by atoms with Crippen LogP contribution in [0.5, 0.6) is 0 Å². The highest BCUT2D eigenvalue weighted by molar-refractivity contribution is 4.99. The molecule has 0 aromatic carbocycles. The van der Waals surface area contributed by atoms with Crippen LogP contribution < -0.4 is 5.73 Å². The largest absolute Gasteiger partial charge is 0.334 e. The van der Waals surface area contributed by atoms with Crippen molar-refractivity contribution >= 4 is 0 Å². The average Bonchev–Trinajstić information content (AvgIpc) is 2.77. The summed E-state index contributed by atoms with van der Waals surface area (Å²) in [5, 5.41) is 0. The zero-order chi connectivity index (χ0) is 12.3. The van der Waals surface area contributed by atoms with Crippen molar-refractivity contribution in [1.29, 1.82) is 0 Å². The second-order valence-electron chi connectivity index (χ2n) is 5.06. The Bertz CT molecular complexity index is 347. The number of likely N-dealkylation sites (tertiary alicyclic amines) is 1. The van der Waals surface area contributed by atoms with Gasteiger partial charge in [-0.2, -0.15) is 0 Å². The van der Waals surface area contributed by atoms with Crippen molar-refractivity contribution in [3.63, 3.8) is 0 Å². The number of hydrogen-bond acceptors (Lipinski definition) is 3. The second kappa shape index (κ2) is 5.65. The standard InChI is InChI=1S/C13H24N4/c1-3-16-10-15-8-12(16)9-17-6-4-5-11(2)13(17)7-14/h8,10-11,13H,3-7,9,14H2,1-2H3. The fourth-order valence-corrected chi connectivity index (χ4v) is 2.88. The van der Waals surface area contributed by atoms with Crippen molar-refractivity contribution in [2.75, 3.05) is 13.1 Å². The van der Waals surface area contributed by atoms with Gasteiger partial charge in [0.05, 0.1) is 12.0 Å². The van der Waals surface area contributed by atoms with Crippen LogP contribution >= 0.6 is 0 Å². The van der Waals surface area contributed by atoms with Gasteiger partial charge in [0.15, 0.2) is 0 Å². The van der Waals surface area contributed by atoms with Crippen LogP contribution in [0.25, 0.3) is 0 Å². The van der Waals surface area contributed by atoms with Gasteiger partial charge in [-0.3, -0.25) is 4.90 Å². The van der Waals surface area contributed by atoms with Crippen LogP contribution in [-0.2, 0) is 13.1 Å². The minimum atomic E-state index is 0.531. The van der Waals surface area contributed by atoms with Gasteiger partial charge in [0.25, 0.3) is 0 Å². The molecule has 0 radical (unpaired) electrons. The van der Waals surface area contributed by atoms with Crippen molar-refractivity contribution in [1.82, 2.24) is 14.5 Å². The fourth-order valence-electron chi connectivity index (χ4n) is 2.88. The molecule has 2 heterocycles. The number of piperidine rings is 1. The molecule has 0 saturated carbocycles. The first-order valence-electron chi connectivity index (χ1n) is 6.69. The van der Waals surface area contributed by atoms with Crippen molar-refractivity contribution in [3.05, 3.63) is 18.2 Å². The summed E-state index contributed by atoms with van der Waals surface area (Å²) in [4.78, 5) is 6.76. The van der Waals surface area contributed by atoms with Gasteiger partial charge in [0.2, 0.25) is 0 Å². The number of nitrogens with two attached hydrogens (primary N) is 1. The van der Waals surface area contributed by atoms with Gasteiger partial charge in [-0.1, -0.05) is 6.92 Å². The van der Waals surface area contributed by atoms with Gasteiger partial charge >= 0.3 is 0 Å². The number of hydrogen-bond donors (Lipinski definition) is 1. The minimum absolute atomic E-state index is 0.531. The van der Waals surface area contributed by atoms with Gasteiger partial charge in [-0.15, -0.1) is 0 Å². The van der Waals surface area contributed by atoms with E-state index in [2.05, 4.69) is 28.3 Å². The second-order valence-corrected chi connectivity index (χ2v) is 5.06. The highest BCUT2D eigenvalue weighted by Gasteiger charge is 2.27. The van der Waals surface area contributed by atoms with Crippen molar-refractivity contribution < 1.29 is 0 Å². The fraction of sp³-hybridized carbons (Fsp3) is 0.769. The molecule has 1 aromatic heterocycles. The number of imidazole rings is 1. The smallest absolute Gasteiger partial charge is 0.0948 e. The summed E-state index contributed by atoms with van der Waals surface area (Å²) in [5.41, 5.74) is 7.23. The molecule has 0 aliphatic carbocycles. The van der Waals surface area contributed by atoms with Crippen LogP contribution in [0, 0.1) is 5.92 Å². The molecule has 4 nitrogen and oxygen atoms in total. The highest BCUT2D eigenvalue weighted by atomic mass is 15.2. The summed E-state index contributed by atoms with van der Waals surface area (Å²) in [7, 11) is 0. The molecule has 2 atom stereocenters. The Morgan fingerprint density at radius 1 is 1.53 bits per heavy atom. The van der Waals surface area contributed by atoms with E-state index in [0.29, 0.717) is 12.0 Å². The molecular formula is C13H24N4. The minimum Gasteiger partial charge on any atom is -0.334 e. The predicted molar refractivity (Wildman–Crippen MR) is 69.6 cm³/mol. The molecule has 2 unspecified atom stereocenters. The van der Waals surface area contributed by atoms with Crippen LogP contribution in [0.1, 0.15) is 32.4 Å². The lowest BCUT2D eigenvalue weighted by Gasteiger charge is -2.39. The lowest BCUT2D eigenvalue weighted by molar-refractivity contribution is 0.0966. The maximum atomic E-state index is 5.92. The topological polar surface area (TPSA) is 47.1 Å². The first-order valence-corrected chi connectivity index (χ1v) is 6.69. The Kier molecular flexibility index (Phi) is 4.18. The maximum Gasteiger partial charge on any atom is 0.0948 e. The van der Waals surface area contributed by atoms with E-state index < -0.39 is 0 Å². The summed E-state index contributed by atoms with van der Waals surface area (Å²) in [6.07, 6.45) is 6.50. The van der Waals surface area contributed by atoms with Gasteiger partial charge in [-0.05, 0) is 32.2 Å². The Balaban J connectivity index is 2.06. The summed E-state index contributed by atoms with van der Waals surface area (Å²) >= 11 is 0. The Hall–Kier alpha value is -0.870. The SMILES string of the molecule is CCn1cncc1CN1CCCC(C)C1CN. The Labute approximate surface area is 104 Å². The highest BCUT2D eigenvalue weighted by Crippen LogP contribution is 2.24. The molecule has 1 aliphatic heterocycles. The van der Waals surface area contributed by atoms with Gasteiger partial charge < -0.3 is 10.3 Å². The molecule has 96 valence electrons. The van der Waals surface area contributed by atoms with Crippen molar-refractivity contribution in [2.45, 2.75) is 45.8 Å². The van der Waals surface area contributed by atoms with Crippen LogP contribution in [0.15, 0.2) is 12.5 Å². The molecular weight excluding hydrogens is 212 g/mol. The number of nitrogens with zero attached hydrogens (tertiary/aromatic N) is 3. The molecule has 1 saturated heterocycles. The number of rotatable bonds is 4. The van der Waals surface area contributed by atoms with E-state index in [1.807, 2.05) is 12.5 Å². The number of aromatic nitrogens is 2. The molecule has 0 spiro atoms. The van der Waals surface area contributed by atoms with Crippen molar-refractivity contribution in [2.24, 2.45) is 11.7 Å². The van der Waals surface area contributed by atoms with E-state index in [9.17, 15) is 0 Å². The lowest BCUT2D eigenvalue weighted by atomic mass is 9.91. The average molecular weight is 236 g/mol. The van der Waals surface area contributed by atoms with Crippen LogP contribution in [0.4, 0.5) is 0 Å².